The molecule has 2 fully saturated rings. The minimum atomic E-state index is -0.413. The first kappa shape index (κ1) is 15.8. The van der Waals surface area contributed by atoms with Crippen molar-refractivity contribution >= 4 is 0 Å². The monoisotopic (exact) mass is 305 g/mol. The molecular formula is C18H27NO3. The van der Waals surface area contributed by atoms with Crippen LogP contribution >= 0.6 is 0 Å². The summed E-state index contributed by atoms with van der Waals surface area (Å²) in [6.45, 7) is 2.51. The second-order valence-corrected chi connectivity index (χ2v) is 6.70. The Balaban J connectivity index is 1.50. The third-order valence-corrected chi connectivity index (χ3v) is 4.97. The Kier molecular flexibility index (Phi) is 5.34. The number of hydrogen-bond acceptors (Lipinski definition) is 4. The molecule has 1 aliphatic carbocycles. The van der Waals surface area contributed by atoms with Gasteiger partial charge in [0.1, 0.15) is 5.75 Å². The van der Waals surface area contributed by atoms with Crippen molar-refractivity contribution in [2.45, 2.75) is 50.9 Å². The molecule has 2 N–H and O–H groups in total. The number of likely N-dealkylation sites (tertiary alicyclic amines) is 1. The summed E-state index contributed by atoms with van der Waals surface area (Å²) in [6.07, 6.45) is 5.78. The average Bonchev–Trinajstić information content (AvgIpc) is 3.02. The van der Waals surface area contributed by atoms with Gasteiger partial charge in [-0.05, 0) is 56.3 Å². The summed E-state index contributed by atoms with van der Waals surface area (Å²) >= 11 is 0. The molecule has 1 aromatic rings. The zero-order valence-corrected chi connectivity index (χ0v) is 13.2. The molecule has 0 aromatic heterocycles. The van der Waals surface area contributed by atoms with Gasteiger partial charge < -0.3 is 14.9 Å². The van der Waals surface area contributed by atoms with Gasteiger partial charge in [-0.3, -0.25) is 4.90 Å². The zero-order chi connectivity index (χ0) is 15.4. The lowest BCUT2D eigenvalue weighted by atomic mass is 9.94. The topological polar surface area (TPSA) is 52.9 Å². The number of piperidine rings is 1. The molecule has 1 aromatic carbocycles. The van der Waals surface area contributed by atoms with Gasteiger partial charge in [0.05, 0.1) is 12.2 Å². The van der Waals surface area contributed by atoms with E-state index in [1.54, 1.807) is 0 Å². The van der Waals surface area contributed by atoms with E-state index in [2.05, 4.69) is 29.2 Å². The van der Waals surface area contributed by atoms with Crippen LogP contribution in [0.5, 0.6) is 5.75 Å². The summed E-state index contributed by atoms with van der Waals surface area (Å²) in [4.78, 5) is 2.25. The van der Waals surface area contributed by atoms with Crippen LogP contribution in [0.2, 0.25) is 0 Å². The van der Waals surface area contributed by atoms with Crippen molar-refractivity contribution in [2.75, 3.05) is 19.7 Å². The Hall–Kier alpha value is -1.10. The van der Waals surface area contributed by atoms with E-state index in [-0.39, 0.29) is 12.5 Å². The number of nitrogens with zero attached hydrogens (tertiary/aromatic N) is 1. The summed E-state index contributed by atoms with van der Waals surface area (Å²) in [6, 6.07) is 8.36. The Morgan fingerprint density at radius 1 is 1.09 bits per heavy atom. The summed E-state index contributed by atoms with van der Waals surface area (Å²) in [5.74, 6) is 1.01. The first-order chi connectivity index (χ1) is 10.7. The number of β-amino-alcohol motifs (C(OH)–C–C–N with tert-alkyl or cyclic N) is 1. The highest BCUT2D eigenvalue weighted by Crippen LogP contribution is 2.25. The first-order valence-corrected chi connectivity index (χ1v) is 8.51. The molecule has 2 atom stereocenters. The van der Waals surface area contributed by atoms with Crippen LogP contribution in [0.4, 0.5) is 0 Å². The van der Waals surface area contributed by atoms with Crippen molar-refractivity contribution in [3.8, 4) is 5.75 Å². The molecule has 0 spiro atoms. The molecule has 2 aliphatic rings. The quantitative estimate of drug-likeness (QED) is 0.875. The van der Waals surface area contributed by atoms with E-state index in [1.807, 2.05) is 0 Å². The summed E-state index contributed by atoms with van der Waals surface area (Å²) in [7, 11) is 0. The maximum atomic E-state index is 10.00. The van der Waals surface area contributed by atoms with Crippen molar-refractivity contribution in [1.82, 2.24) is 4.90 Å². The molecule has 4 nitrogen and oxygen atoms in total. The van der Waals surface area contributed by atoms with Crippen molar-refractivity contribution < 1.29 is 14.9 Å². The molecule has 1 saturated carbocycles. The predicted molar refractivity (Wildman–Crippen MR) is 85.8 cm³/mol. The number of aliphatic hydroxyl groups is 2. The van der Waals surface area contributed by atoms with E-state index in [0.717, 1.165) is 25.3 Å². The molecular weight excluding hydrogens is 278 g/mol. The van der Waals surface area contributed by atoms with Gasteiger partial charge in [-0.1, -0.05) is 12.1 Å². The molecule has 22 heavy (non-hydrogen) atoms. The largest absolute Gasteiger partial charge is 0.490 e. The van der Waals surface area contributed by atoms with Gasteiger partial charge in [0.25, 0.3) is 0 Å². The molecule has 0 radical (unpaired) electrons. The third-order valence-electron chi connectivity index (χ3n) is 4.97. The molecule has 1 aliphatic heterocycles. The Morgan fingerprint density at radius 2 is 1.82 bits per heavy atom. The fourth-order valence-corrected chi connectivity index (χ4v) is 3.53. The van der Waals surface area contributed by atoms with Gasteiger partial charge in [-0.2, -0.15) is 0 Å². The normalized spacial score (nSPS) is 27.2. The Morgan fingerprint density at radius 3 is 2.45 bits per heavy atom. The van der Waals surface area contributed by atoms with Crippen LogP contribution in [-0.4, -0.2) is 47.0 Å². The molecule has 1 heterocycles. The van der Waals surface area contributed by atoms with E-state index in [9.17, 15) is 10.2 Å². The van der Waals surface area contributed by atoms with Gasteiger partial charge in [-0.25, -0.2) is 0 Å². The van der Waals surface area contributed by atoms with Crippen molar-refractivity contribution in [3.63, 3.8) is 0 Å². The maximum Gasteiger partial charge on any atom is 0.119 e. The second kappa shape index (κ2) is 7.44. The Bertz CT molecular complexity index is 456. The van der Waals surface area contributed by atoms with E-state index >= 15 is 0 Å². The molecule has 4 heteroatoms. The SMILES string of the molecule is OC[C@H]1CCN(Cc2ccc(OC3CCCC3)cc2)C[C@H]1O. The highest BCUT2D eigenvalue weighted by Gasteiger charge is 2.26. The molecule has 122 valence electrons. The van der Waals surface area contributed by atoms with Gasteiger partial charge in [-0.15, -0.1) is 0 Å². The van der Waals surface area contributed by atoms with E-state index in [0.29, 0.717) is 12.6 Å². The van der Waals surface area contributed by atoms with Crippen LogP contribution < -0.4 is 4.74 Å². The van der Waals surface area contributed by atoms with Crippen molar-refractivity contribution in [3.05, 3.63) is 29.8 Å². The lowest BCUT2D eigenvalue weighted by molar-refractivity contribution is -0.00444. The van der Waals surface area contributed by atoms with Crippen molar-refractivity contribution in [1.29, 1.82) is 0 Å². The molecule has 0 amide bonds. The minimum absolute atomic E-state index is 0.0402. The van der Waals surface area contributed by atoms with Crippen LogP contribution in [0, 0.1) is 5.92 Å². The van der Waals surface area contributed by atoms with E-state index in [4.69, 9.17) is 4.74 Å². The fraction of sp³-hybridized carbons (Fsp3) is 0.667. The number of ether oxygens (including phenoxy) is 1. The number of benzene rings is 1. The van der Waals surface area contributed by atoms with Gasteiger partial charge >= 0.3 is 0 Å². The smallest absolute Gasteiger partial charge is 0.119 e. The molecule has 0 unspecified atom stereocenters. The summed E-state index contributed by atoms with van der Waals surface area (Å²) in [5, 5.41) is 19.2. The third kappa shape index (κ3) is 4.00. The van der Waals surface area contributed by atoms with E-state index < -0.39 is 6.10 Å². The summed E-state index contributed by atoms with van der Waals surface area (Å²) in [5.41, 5.74) is 1.24. The summed E-state index contributed by atoms with van der Waals surface area (Å²) < 4.78 is 5.98. The standard InChI is InChI=1S/C18H27NO3/c20-13-15-9-10-19(12-18(15)21)11-14-5-7-17(8-6-14)22-16-3-1-2-4-16/h5-8,15-16,18,20-21H,1-4,9-13H2/t15-,18-/m1/s1. The first-order valence-electron chi connectivity index (χ1n) is 8.51. The molecule has 1 saturated heterocycles. The minimum Gasteiger partial charge on any atom is -0.490 e. The van der Waals surface area contributed by atoms with Crippen LogP contribution in [-0.2, 0) is 6.54 Å². The number of hydrogen-bond donors (Lipinski definition) is 2. The van der Waals surface area contributed by atoms with Gasteiger partial charge in [0.15, 0.2) is 0 Å². The van der Waals surface area contributed by atoms with Crippen LogP contribution in [0.3, 0.4) is 0 Å². The average molecular weight is 305 g/mol. The van der Waals surface area contributed by atoms with Gasteiger partial charge in [0.2, 0.25) is 0 Å². The Labute approximate surface area is 132 Å². The highest BCUT2D eigenvalue weighted by atomic mass is 16.5. The molecule has 0 bridgehead atoms. The predicted octanol–water partition coefficient (Wildman–Crippen LogP) is 2.18. The van der Waals surface area contributed by atoms with Crippen molar-refractivity contribution in [2.24, 2.45) is 5.92 Å². The zero-order valence-electron chi connectivity index (χ0n) is 13.2. The van der Waals surface area contributed by atoms with Gasteiger partial charge in [0, 0.05) is 25.6 Å². The fourth-order valence-electron chi connectivity index (χ4n) is 3.53. The maximum absolute atomic E-state index is 10.00. The molecule has 3 rings (SSSR count). The lowest BCUT2D eigenvalue weighted by Gasteiger charge is -2.35. The van der Waals surface area contributed by atoms with Crippen LogP contribution in [0.15, 0.2) is 24.3 Å². The van der Waals surface area contributed by atoms with Crippen LogP contribution in [0.1, 0.15) is 37.7 Å². The lowest BCUT2D eigenvalue weighted by Crippen LogP contribution is -2.44. The highest BCUT2D eigenvalue weighted by molar-refractivity contribution is 5.27. The number of aliphatic hydroxyl groups excluding tert-OH is 2. The number of rotatable bonds is 5. The van der Waals surface area contributed by atoms with E-state index in [1.165, 1.54) is 31.2 Å². The van der Waals surface area contributed by atoms with Crippen LogP contribution in [0.25, 0.3) is 0 Å². The second-order valence-electron chi connectivity index (χ2n) is 6.70.